The number of halogens is 2. The molecule has 0 amide bonds. The van der Waals surface area contributed by atoms with Crippen LogP contribution in [0.4, 0.5) is 4.39 Å². The second kappa shape index (κ2) is 3.88. The lowest BCUT2D eigenvalue weighted by molar-refractivity contribution is 0.423. The molecule has 13 heavy (non-hydrogen) atoms. The molecule has 0 aliphatic rings. The van der Waals surface area contributed by atoms with Gasteiger partial charge in [-0.1, -0.05) is 0 Å². The van der Waals surface area contributed by atoms with Crippen molar-refractivity contribution in [1.82, 2.24) is 0 Å². The third-order valence-electron chi connectivity index (χ3n) is 1.51. The summed E-state index contributed by atoms with van der Waals surface area (Å²) in [6.45, 7) is 0. The Labute approximate surface area is 82.7 Å². The molecular weight excluding hydrogens is 240 g/mol. The van der Waals surface area contributed by atoms with Crippen LogP contribution in [-0.4, -0.2) is 17.2 Å². The Kier molecular flexibility index (Phi) is 3.04. The molecule has 66 valence electrons. The Morgan fingerprint density at radius 2 is 2.08 bits per heavy atom. The van der Waals surface area contributed by atoms with Crippen LogP contribution in [0.5, 0.6) is 0 Å². The van der Waals surface area contributed by atoms with Crippen LogP contribution in [0.3, 0.4) is 0 Å². The molecule has 0 unspecified atom stereocenters. The third-order valence-corrected chi connectivity index (χ3v) is 2.17. The van der Waals surface area contributed by atoms with E-state index in [1.807, 2.05) is 0 Å². The zero-order chi connectivity index (χ0) is 10.0. The van der Waals surface area contributed by atoms with E-state index in [1.165, 1.54) is 6.07 Å². The Hall–Kier alpha value is -0.895. The lowest BCUT2D eigenvalue weighted by Crippen LogP contribution is -2.35. The average Bonchev–Trinajstić information content (AvgIpc) is 2.07. The molecule has 2 N–H and O–H groups in total. The van der Waals surface area contributed by atoms with Crippen LogP contribution < -0.4 is 5.46 Å². The Morgan fingerprint density at radius 3 is 2.46 bits per heavy atom. The lowest BCUT2D eigenvalue weighted by atomic mass is 9.77. The maximum atomic E-state index is 13.0. The first-order chi connectivity index (χ1) is 6.07. The minimum absolute atomic E-state index is 0.102. The molecule has 0 fully saturated rings. The number of hydrogen-bond acceptors (Lipinski definition) is 3. The topological polar surface area (TPSA) is 64.2 Å². The summed E-state index contributed by atoms with van der Waals surface area (Å²) in [7, 11) is -1.98. The van der Waals surface area contributed by atoms with Crippen LogP contribution in [-0.2, 0) is 0 Å². The van der Waals surface area contributed by atoms with Crippen LogP contribution in [0, 0.1) is 17.1 Å². The van der Waals surface area contributed by atoms with Crippen LogP contribution in [0.2, 0.25) is 0 Å². The zero-order valence-electron chi connectivity index (χ0n) is 6.33. The van der Waals surface area contributed by atoms with E-state index in [9.17, 15) is 4.39 Å². The summed E-state index contributed by atoms with van der Waals surface area (Å²) in [4.78, 5) is 0. The van der Waals surface area contributed by atoms with Crippen LogP contribution >= 0.6 is 15.9 Å². The van der Waals surface area contributed by atoms with Gasteiger partial charge in [-0.15, -0.1) is 0 Å². The SMILES string of the molecule is N#Cc1c(Br)ccc(F)c1B(O)O. The highest BCUT2D eigenvalue weighted by Crippen LogP contribution is 2.15. The van der Waals surface area contributed by atoms with E-state index in [4.69, 9.17) is 15.3 Å². The molecule has 0 radical (unpaired) electrons. The van der Waals surface area contributed by atoms with Crippen molar-refractivity contribution >= 4 is 28.5 Å². The fourth-order valence-electron chi connectivity index (χ4n) is 0.934. The summed E-state index contributed by atoms with van der Waals surface area (Å²) in [5.74, 6) is -0.810. The number of nitriles is 1. The summed E-state index contributed by atoms with van der Waals surface area (Å²) in [5.41, 5.74) is -0.508. The van der Waals surface area contributed by atoms with Crippen molar-refractivity contribution in [3.8, 4) is 6.07 Å². The Morgan fingerprint density at radius 1 is 1.46 bits per heavy atom. The van der Waals surface area contributed by atoms with Gasteiger partial charge in [-0.05, 0) is 28.1 Å². The van der Waals surface area contributed by atoms with Gasteiger partial charge in [0.1, 0.15) is 11.9 Å². The quantitative estimate of drug-likeness (QED) is 0.690. The monoisotopic (exact) mass is 243 g/mol. The van der Waals surface area contributed by atoms with Gasteiger partial charge < -0.3 is 10.0 Å². The summed E-state index contributed by atoms with van der Waals surface area (Å²) in [5, 5.41) is 26.2. The highest BCUT2D eigenvalue weighted by Gasteiger charge is 2.22. The second-order valence-corrected chi connectivity index (χ2v) is 3.16. The van der Waals surface area contributed by atoms with Crippen molar-refractivity contribution in [1.29, 1.82) is 5.26 Å². The highest BCUT2D eigenvalue weighted by atomic mass is 79.9. The van der Waals surface area contributed by atoms with Crippen molar-refractivity contribution in [2.24, 2.45) is 0 Å². The fraction of sp³-hybridized carbons (Fsp3) is 0. The molecule has 1 rings (SSSR count). The molecule has 3 nitrogen and oxygen atoms in total. The van der Waals surface area contributed by atoms with Gasteiger partial charge in [0.05, 0.1) is 5.56 Å². The molecule has 0 saturated carbocycles. The molecular formula is C7H4BBrFNO2. The average molecular weight is 244 g/mol. The lowest BCUT2D eigenvalue weighted by Gasteiger charge is -2.05. The normalized spacial score (nSPS) is 9.46. The summed E-state index contributed by atoms with van der Waals surface area (Å²) in [6.07, 6.45) is 0. The van der Waals surface area contributed by atoms with Crippen molar-refractivity contribution in [2.75, 3.05) is 0 Å². The van der Waals surface area contributed by atoms with Gasteiger partial charge in [-0.25, -0.2) is 4.39 Å². The predicted molar refractivity (Wildman–Crippen MR) is 48.6 cm³/mol. The van der Waals surface area contributed by atoms with E-state index >= 15 is 0 Å². The van der Waals surface area contributed by atoms with E-state index in [2.05, 4.69) is 15.9 Å². The number of hydrogen-bond donors (Lipinski definition) is 2. The van der Waals surface area contributed by atoms with Gasteiger partial charge in [-0.3, -0.25) is 0 Å². The molecule has 0 heterocycles. The van der Waals surface area contributed by atoms with Gasteiger partial charge >= 0.3 is 7.12 Å². The highest BCUT2D eigenvalue weighted by molar-refractivity contribution is 9.10. The van der Waals surface area contributed by atoms with Crippen LogP contribution in [0.15, 0.2) is 16.6 Å². The van der Waals surface area contributed by atoms with Gasteiger partial charge in [0, 0.05) is 9.94 Å². The van der Waals surface area contributed by atoms with Crippen molar-refractivity contribution in [2.45, 2.75) is 0 Å². The summed E-state index contributed by atoms with van der Waals surface area (Å²) < 4.78 is 13.3. The third kappa shape index (κ3) is 1.88. The molecule has 1 aromatic rings. The first-order valence-electron chi connectivity index (χ1n) is 3.32. The minimum atomic E-state index is -1.98. The van der Waals surface area contributed by atoms with Gasteiger partial charge in [0.15, 0.2) is 0 Å². The van der Waals surface area contributed by atoms with Crippen LogP contribution in [0.25, 0.3) is 0 Å². The maximum Gasteiger partial charge on any atom is 0.492 e. The Balaban J connectivity index is 3.46. The minimum Gasteiger partial charge on any atom is -0.423 e. The first kappa shape index (κ1) is 10.2. The molecule has 0 atom stereocenters. The smallest absolute Gasteiger partial charge is 0.423 e. The zero-order valence-corrected chi connectivity index (χ0v) is 7.92. The van der Waals surface area contributed by atoms with E-state index in [0.29, 0.717) is 4.47 Å². The molecule has 0 spiro atoms. The van der Waals surface area contributed by atoms with Crippen molar-refractivity contribution in [3.05, 3.63) is 28.0 Å². The van der Waals surface area contributed by atoms with Crippen molar-refractivity contribution < 1.29 is 14.4 Å². The molecule has 0 aliphatic carbocycles. The van der Waals surface area contributed by atoms with Gasteiger partial charge in [-0.2, -0.15) is 5.26 Å². The summed E-state index contributed by atoms with van der Waals surface area (Å²) >= 11 is 3.00. The molecule has 0 bridgehead atoms. The van der Waals surface area contributed by atoms with E-state index in [0.717, 1.165) is 6.07 Å². The standard InChI is InChI=1S/C7H4BBrFNO2/c9-5-1-2-6(10)7(8(12)13)4(5)3-11/h1-2,12-13H. The summed E-state index contributed by atoms with van der Waals surface area (Å²) in [6, 6.07) is 4.07. The largest absolute Gasteiger partial charge is 0.492 e. The van der Waals surface area contributed by atoms with Crippen molar-refractivity contribution in [3.63, 3.8) is 0 Å². The molecule has 6 heteroatoms. The predicted octanol–water partition coefficient (Wildman–Crippen LogP) is 0.140. The fourth-order valence-corrected chi connectivity index (χ4v) is 1.37. The Bertz CT molecular complexity index is 377. The van der Waals surface area contributed by atoms with E-state index in [-0.39, 0.29) is 5.56 Å². The molecule has 0 saturated heterocycles. The number of benzene rings is 1. The second-order valence-electron chi connectivity index (χ2n) is 2.30. The molecule has 0 aromatic heterocycles. The van der Waals surface area contributed by atoms with Gasteiger partial charge in [0.25, 0.3) is 0 Å². The van der Waals surface area contributed by atoms with E-state index in [1.54, 1.807) is 6.07 Å². The molecule has 0 aliphatic heterocycles. The van der Waals surface area contributed by atoms with Crippen LogP contribution in [0.1, 0.15) is 5.56 Å². The number of rotatable bonds is 1. The van der Waals surface area contributed by atoms with E-state index < -0.39 is 18.4 Å². The first-order valence-corrected chi connectivity index (χ1v) is 4.11. The molecule has 1 aromatic carbocycles. The van der Waals surface area contributed by atoms with Gasteiger partial charge in [0.2, 0.25) is 0 Å². The maximum absolute atomic E-state index is 13.0. The number of nitrogens with zero attached hydrogens (tertiary/aromatic N) is 1.